The van der Waals surface area contributed by atoms with E-state index in [2.05, 4.69) is 0 Å². The van der Waals surface area contributed by atoms with E-state index in [0.29, 0.717) is 0 Å². The molecule has 102 valence electrons. The van der Waals surface area contributed by atoms with Crippen LogP contribution in [0.15, 0.2) is 0 Å². The molecule has 6 heteroatoms. The molecule has 6 nitrogen and oxygen atoms in total. The van der Waals surface area contributed by atoms with Crippen LogP contribution in [0.2, 0.25) is 0 Å². The van der Waals surface area contributed by atoms with E-state index in [0.717, 1.165) is 25.9 Å². The quantitative estimate of drug-likeness (QED) is 0.510. The second kappa shape index (κ2) is 4.54. The van der Waals surface area contributed by atoms with E-state index >= 15 is 0 Å². The molecule has 4 rings (SSSR count). The average molecular weight is 257 g/mol. The predicted molar refractivity (Wildman–Crippen MR) is 60.9 cm³/mol. The maximum Gasteiger partial charge on any atom is 0.155 e. The minimum absolute atomic E-state index is 0.0365. The molecule has 0 amide bonds. The summed E-state index contributed by atoms with van der Waals surface area (Å²) in [7, 11) is 0. The van der Waals surface area contributed by atoms with Gasteiger partial charge in [0.2, 0.25) is 0 Å². The van der Waals surface area contributed by atoms with Gasteiger partial charge in [-0.3, -0.25) is 9.69 Å². The van der Waals surface area contributed by atoms with Crippen molar-refractivity contribution >= 4 is 5.78 Å². The van der Waals surface area contributed by atoms with Crippen LogP contribution in [0, 0.1) is 5.92 Å². The monoisotopic (exact) mass is 257 g/mol. The summed E-state index contributed by atoms with van der Waals surface area (Å²) in [6.07, 6.45) is -2.49. The van der Waals surface area contributed by atoms with Crippen molar-refractivity contribution in [1.29, 1.82) is 0 Å². The Morgan fingerprint density at radius 2 is 1.78 bits per heavy atom. The van der Waals surface area contributed by atoms with E-state index in [1.807, 2.05) is 4.90 Å². The van der Waals surface area contributed by atoms with Gasteiger partial charge in [0.1, 0.15) is 24.4 Å². The molecule has 0 saturated carbocycles. The van der Waals surface area contributed by atoms with Crippen LogP contribution < -0.4 is 0 Å². The number of hydrogen-bond acceptors (Lipinski definition) is 6. The molecule has 2 bridgehead atoms. The number of aliphatic hydroxyl groups excluding tert-OH is 3. The number of hydrogen-bond donors (Lipinski definition) is 3. The highest BCUT2D eigenvalue weighted by atomic mass is 16.5. The molecule has 0 aliphatic carbocycles. The van der Waals surface area contributed by atoms with E-state index in [-0.39, 0.29) is 18.3 Å². The van der Waals surface area contributed by atoms with Crippen LogP contribution in [0.4, 0.5) is 0 Å². The summed E-state index contributed by atoms with van der Waals surface area (Å²) in [5.41, 5.74) is 0. The van der Waals surface area contributed by atoms with Gasteiger partial charge in [0.15, 0.2) is 5.78 Å². The SMILES string of the molecule is O=C1C2CCN(CC2)[C@H]1[C@H]1OC[C@H](O)[C@H](O)[C@H]1O. The first-order valence-electron chi connectivity index (χ1n) is 6.53. The summed E-state index contributed by atoms with van der Waals surface area (Å²) in [4.78, 5) is 14.3. The van der Waals surface area contributed by atoms with Crippen molar-refractivity contribution in [3.05, 3.63) is 0 Å². The lowest BCUT2D eigenvalue weighted by Gasteiger charge is -2.49. The highest BCUT2D eigenvalue weighted by Gasteiger charge is 2.51. The van der Waals surface area contributed by atoms with Gasteiger partial charge in [-0.05, 0) is 25.9 Å². The Labute approximate surface area is 105 Å². The van der Waals surface area contributed by atoms with Crippen molar-refractivity contribution in [1.82, 2.24) is 4.90 Å². The van der Waals surface area contributed by atoms with E-state index in [1.54, 1.807) is 0 Å². The summed E-state index contributed by atoms with van der Waals surface area (Å²) in [6, 6.07) is -0.463. The summed E-state index contributed by atoms with van der Waals surface area (Å²) in [6.45, 7) is 1.64. The van der Waals surface area contributed by atoms with Gasteiger partial charge in [0.25, 0.3) is 0 Å². The number of Topliss-reactive ketones (excluding diaryl/α,β-unsaturated/α-hetero) is 1. The van der Waals surface area contributed by atoms with E-state index in [9.17, 15) is 20.1 Å². The van der Waals surface area contributed by atoms with Crippen molar-refractivity contribution in [3.8, 4) is 0 Å². The highest BCUT2D eigenvalue weighted by molar-refractivity contribution is 5.88. The molecule has 0 unspecified atom stereocenters. The van der Waals surface area contributed by atoms with Crippen molar-refractivity contribution in [3.63, 3.8) is 0 Å². The summed E-state index contributed by atoms with van der Waals surface area (Å²) in [5, 5.41) is 29.1. The molecular formula is C12H19NO5. The third kappa shape index (κ3) is 1.80. The Balaban J connectivity index is 1.80. The molecule has 4 heterocycles. The van der Waals surface area contributed by atoms with Crippen molar-refractivity contribution in [2.45, 2.75) is 43.3 Å². The maximum absolute atomic E-state index is 12.2. The Kier molecular flexibility index (Phi) is 3.15. The van der Waals surface area contributed by atoms with Gasteiger partial charge >= 0.3 is 0 Å². The van der Waals surface area contributed by atoms with Crippen molar-refractivity contribution in [2.24, 2.45) is 5.92 Å². The molecule has 18 heavy (non-hydrogen) atoms. The summed E-state index contributed by atoms with van der Waals surface area (Å²) in [5.74, 6) is 0.180. The number of ketones is 1. The molecule has 0 aromatic carbocycles. The van der Waals surface area contributed by atoms with Crippen LogP contribution in [0.3, 0.4) is 0 Å². The van der Waals surface area contributed by atoms with Gasteiger partial charge in [-0.2, -0.15) is 0 Å². The number of rotatable bonds is 1. The number of fused-ring (bicyclic) bond motifs is 3. The Morgan fingerprint density at radius 1 is 1.11 bits per heavy atom. The first-order chi connectivity index (χ1) is 8.59. The highest BCUT2D eigenvalue weighted by Crippen LogP contribution is 2.33. The van der Waals surface area contributed by atoms with Crippen LogP contribution in [-0.4, -0.2) is 76.2 Å². The average Bonchev–Trinajstić information content (AvgIpc) is 2.39. The third-order valence-corrected chi connectivity index (χ3v) is 4.47. The fourth-order valence-electron chi connectivity index (χ4n) is 3.36. The van der Waals surface area contributed by atoms with Gasteiger partial charge in [-0.1, -0.05) is 0 Å². The van der Waals surface area contributed by atoms with Gasteiger partial charge in [-0.15, -0.1) is 0 Å². The first-order valence-corrected chi connectivity index (χ1v) is 6.53. The maximum atomic E-state index is 12.2. The lowest BCUT2D eigenvalue weighted by Crippen LogP contribution is -2.67. The number of carbonyl (C=O) groups is 1. The Hall–Kier alpha value is -0.530. The van der Waals surface area contributed by atoms with E-state index in [1.165, 1.54) is 0 Å². The fourth-order valence-corrected chi connectivity index (χ4v) is 3.36. The number of aliphatic hydroxyl groups is 3. The van der Waals surface area contributed by atoms with Crippen LogP contribution in [-0.2, 0) is 9.53 Å². The second-order valence-electron chi connectivity index (χ2n) is 5.50. The molecule has 3 N–H and O–H groups in total. The molecule has 4 aliphatic heterocycles. The van der Waals surface area contributed by atoms with Crippen LogP contribution in [0.5, 0.6) is 0 Å². The molecule has 4 aliphatic rings. The molecular weight excluding hydrogens is 238 g/mol. The number of carbonyl (C=O) groups excluding carboxylic acids is 1. The fraction of sp³-hybridized carbons (Fsp3) is 0.917. The number of nitrogens with zero attached hydrogens (tertiary/aromatic N) is 1. The van der Waals surface area contributed by atoms with Gasteiger partial charge < -0.3 is 20.1 Å². The largest absolute Gasteiger partial charge is 0.388 e. The van der Waals surface area contributed by atoms with Crippen LogP contribution in [0.1, 0.15) is 12.8 Å². The molecule has 5 atom stereocenters. The van der Waals surface area contributed by atoms with Gasteiger partial charge in [0, 0.05) is 5.92 Å². The second-order valence-corrected chi connectivity index (χ2v) is 5.50. The zero-order valence-electron chi connectivity index (χ0n) is 10.1. The molecule has 0 spiro atoms. The molecule has 0 aromatic rings. The van der Waals surface area contributed by atoms with Crippen molar-refractivity contribution < 1.29 is 24.9 Å². The lowest BCUT2D eigenvalue weighted by atomic mass is 9.78. The third-order valence-electron chi connectivity index (χ3n) is 4.47. The first kappa shape index (κ1) is 12.5. The van der Waals surface area contributed by atoms with E-state index in [4.69, 9.17) is 4.74 Å². The number of piperidine rings is 3. The number of ether oxygens (including phenoxy) is 1. The standard InChI is InChI=1S/C12H19NO5/c14-7-5-18-12(11(17)10(7)16)8-9(15)6-1-3-13(8)4-2-6/h6-8,10-12,14,16-17H,1-5H2/t7-,8+,10-,11+,12+/m0/s1. The van der Waals surface area contributed by atoms with E-state index < -0.39 is 30.5 Å². The smallest absolute Gasteiger partial charge is 0.155 e. The van der Waals surface area contributed by atoms with Crippen LogP contribution in [0.25, 0.3) is 0 Å². The zero-order chi connectivity index (χ0) is 12.9. The summed E-state index contributed by atoms with van der Waals surface area (Å²) < 4.78 is 5.41. The lowest BCUT2D eigenvalue weighted by molar-refractivity contribution is -0.210. The molecule has 4 fully saturated rings. The van der Waals surface area contributed by atoms with Crippen molar-refractivity contribution in [2.75, 3.05) is 19.7 Å². The summed E-state index contributed by atoms with van der Waals surface area (Å²) >= 11 is 0. The van der Waals surface area contributed by atoms with Crippen LogP contribution >= 0.6 is 0 Å². The zero-order valence-corrected chi connectivity index (χ0v) is 10.1. The Bertz CT molecular complexity index is 341. The molecule has 0 aromatic heterocycles. The minimum Gasteiger partial charge on any atom is -0.388 e. The molecule has 4 saturated heterocycles. The Morgan fingerprint density at radius 3 is 2.39 bits per heavy atom. The van der Waals surface area contributed by atoms with Gasteiger partial charge in [0.05, 0.1) is 12.6 Å². The minimum atomic E-state index is -1.24. The molecule has 0 radical (unpaired) electrons. The normalized spacial score (nSPS) is 52.6. The van der Waals surface area contributed by atoms with Gasteiger partial charge in [-0.25, -0.2) is 0 Å². The predicted octanol–water partition coefficient (Wildman–Crippen LogP) is -1.87. The topological polar surface area (TPSA) is 90.2 Å².